The lowest BCUT2D eigenvalue weighted by Crippen LogP contribution is -2.41. The van der Waals surface area contributed by atoms with E-state index >= 15 is 0 Å². The molecule has 0 saturated carbocycles. The molecule has 3 rings (SSSR count). The van der Waals surface area contributed by atoms with Gasteiger partial charge in [0.15, 0.2) is 0 Å². The number of aliphatic hydroxyl groups is 2. The van der Waals surface area contributed by atoms with Gasteiger partial charge in [0.05, 0.1) is 0 Å². The Labute approximate surface area is 203 Å². The van der Waals surface area contributed by atoms with Crippen LogP contribution < -0.4 is 9.47 Å². The molecular weight excluding hydrogens is 426 g/mol. The van der Waals surface area contributed by atoms with Crippen LogP contribution in [0.25, 0.3) is 0 Å². The number of rotatable bonds is 14. The van der Waals surface area contributed by atoms with E-state index in [0.717, 1.165) is 29.9 Å². The summed E-state index contributed by atoms with van der Waals surface area (Å²) in [5.41, 5.74) is 3.62. The lowest BCUT2D eigenvalue weighted by molar-refractivity contribution is 0.0283. The van der Waals surface area contributed by atoms with Gasteiger partial charge in [0.25, 0.3) is 0 Å². The number of hydrogen-bond acceptors (Lipinski definition) is 5. The van der Waals surface area contributed by atoms with Gasteiger partial charge in [-0.25, -0.2) is 0 Å². The summed E-state index contributed by atoms with van der Waals surface area (Å²) in [7, 11) is 0. The molecule has 5 heteroatoms. The summed E-state index contributed by atoms with van der Waals surface area (Å²) in [5, 5.41) is 21.3. The van der Waals surface area contributed by atoms with Gasteiger partial charge in [0, 0.05) is 19.6 Å². The van der Waals surface area contributed by atoms with Gasteiger partial charge in [-0.05, 0) is 53.8 Å². The van der Waals surface area contributed by atoms with Gasteiger partial charge < -0.3 is 19.7 Å². The normalized spacial score (nSPS) is 13.0. The number of aliphatic hydroxyl groups excluding tert-OH is 2. The quantitative estimate of drug-likeness (QED) is 0.369. The van der Waals surface area contributed by atoms with Gasteiger partial charge in [-0.15, -0.1) is 0 Å². The Morgan fingerprint density at radius 1 is 0.618 bits per heavy atom. The van der Waals surface area contributed by atoms with E-state index in [4.69, 9.17) is 9.47 Å². The van der Waals surface area contributed by atoms with Gasteiger partial charge in [-0.2, -0.15) is 0 Å². The number of ether oxygens (including phenoxy) is 2. The first-order chi connectivity index (χ1) is 16.6. The Bertz CT molecular complexity index is 885. The third-order valence-corrected chi connectivity index (χ3v) is 5.73. The van der Waals surface area contributed by atoms with Crippen molar-refractivity contribution in [1.29, 1.82) is 0 Å². The average Bonchev–Trinajstić information content (AvgIpc) is 2.87. The fraction of sp³-hybridized carbons (Fsp3) is 0.379. The van der Waals surface area contributed by atoms with E-state index in [-0.39, 0.29) is 13.2 Å². The van der Waals surface area contributed by atoms with Crippen LogP contribution in [0.3, 0.4) is 0 Å². The van der Waals surface area contributed by atoms with Crippen LogP contribution in [0.5, 0.6) is 11.5 Å². The second-order valence-corrected chi connectivity index (χ2v) is 8.60. The van der Waals surface area contributed by atoms with Crippen LogP contribution in [-0.2, 0) is 19.4 Å². The molecule has 0 aliphatic rings. The molecule has 0 radical (unpaired) electrons. The summed E-state index contributed by atoms with van der Waals surface area (Å²) >= 11 is 0. The van der Waals surface area contributed by atoms with Crippen molar-refractivity contribution in [3.63, 3.8) is 0 Å². The third-order valence-electron chi connectivity index (χ3n) is 5.73. The molecule has 0 spiro atoms. The van der Waals surface area contributed by atoms with Crippen molar-refractivity contribution in [2.24, 2.45) is 0 Å². The molecule has 2 atom stereocenters. The van der Waals surface area contributed by atoms with Gasteiger partial charge >= 0.3 is 0 Å². The summed E-state index contributed by atoms with van der Waals surface area (Å²) in [6.07, 6.45) is 0.578. The highest BCUT2D eigenvalue weighted by Crippen LogP contribution is 2.15. The third kappa shape index (κ3) is 8.82. The minimum atomic E-state index is -0.690. The Kier molecular flexibility index (Phi) is 10.4. The molecule has 0 fully saturated rings. The number of benzene rings is 3. The van der Waals surface area contributed by atoms with Crippen LogP contribution in [0, 0.1) is 0 Å². The topological polar surface area (TPSA) is 62.2 Å². The Hall–Kier alpha value is -2.86. The molecule has 2 unspecified atom stereocenters. The molecule has 0 amide bonds. The zero-order valence-electron chi connectivity index (χ0n) is 20.3. The van der Waals surface area contributed by atoms with E-state index in [0.29, 0.717) is 19.6 Å². The van der Waals surface area contributed by atoms with Crippen molar-refractivity contribution in [3.05, 3.63) is 95.6 Å². The van der Waals surface area contributed by atoms with Crippen LogP contribution in [-0.4, -0.2) is 53.6 Å². The molecule has 34 heavy (non-hydrogen) atoms. The summed E-state index contributed by atoms with van der Waals surface area (Å²) in [5.74, 6) is 1.49. The molecule has 182 valence electrons. The van der Waals surface area contributed by atoms with Crippen molar-refractivity contribution in [3.8, 4) is 11.5 Å². The first-order valence-corrected chi connectivity index (χ1v) is 12.1. The lowest BCUT2D eigenvalue weighted by atomic mass is 10.1. The highest BCUT2D eigenvalue weighted by molar-refractivity contribution is 5.28. The molecule has 3 aromatic carbocycles. The molecule has 0 heterocycles. The van der Waals surface area contributed by atoms with E-state index in [1.807, 2.05) is 83.8 Å². The molecule has 0 aromatic heterocycles. The molecule has 3 aromatic rings. The maximum absolute atomic E-state index is 10.7. The van der Waals surface area contributed by atoms with E-state index in [2.05, 4.69) is 13.8 Å². The number of nitrogens with zero attached hydrogens (tertiary/aromatic N) is 1. The minimum Gasteiger partial charge on any atom is -0.491 e. The van der Waals surface area contributed by atoms with E-state index in [1.165, 1.54) is 11.1 Å². The second-order valence-electron chi connectivity index (χ2n) is 8.60. The smallest absolute Gasteiger partial charge is 0.119 e. The van der Waals surface area contributed by atoms with Gasteiger partial charge in [0.1, 0.15) is 36.9 Å². The van der Waals surface area contributed by atoms with Gasteiger partial charge in [-0.3, -0.25) is 4.90 Å². The second kappa shape index (κ2) is 13.8. The standard InChI is InChI=1S/C29H37NO4/c1-3-23-10-14-28(15-11-23)33-21-26(31)19-30(18-25-8-6-5-7-9-25)20-27(32)22-34-29-16-12-24(4-2)13-17-29/h5-17,26-27,31-32H,3-4,18-22H2,1-2H3. The Morgan fingerprint density at radius 2 is 1.06 bits per heavy atom. The molecule has 5 nitrogen and oxygen atoms in total. The molecule has 0 aliphatic carbocycles. The Morgan fingerprint density at radius 3 is 1.47 bits per heavy atom. The number of hydrogen-bond donors (Lipinski definition) is 2. The predicted octanol–water partition coefficient (Wildman–Crippen LogP) is 4.49. The monoisotopic (exact) mass is 463 g/mol. The summed E-state index contributed by atoms with van der Waals surface area (Å²) < 4.78 is 11.6. The van der Waals surface area contributed by atoms with Crippen molar-refractivity contribution >= 4 is 0 Å². The predicted molar refractivity (Wildman–Crippen MR) is 136 cm³/mol. The van der Waals surface area contributed by atoms with Crippen molar-refractivity contribution < 1.29 is 19.7 Å². The molecular formula is C29H37NO4. The van der Waals surface area contributed by atoms with Crippen LogP contribution in [0.1, 0.15) is 30.5 Å². The first-order valence-electron chi connectivity index (χ1n) is 12.1. The zero-order valence-corrected chi connectivity index (χ0v) is 20.3. The van der Waals surface area contributed by atoms with E-state index in [9.17, 15) is 10.2 Å². The molecule has 0 aliphatic heterocycles. The maximum atomic E-state index is 10.7. The number of aryl methyl sites for hydroxylation is 2. The van der Waals surface area contributed by atoms with Crippen LogP contribution in [0.4, 0.5) is 0 Å². The summed E-state index contributed by atoms with van der Waals surface area (Å²) in [6.45, 7) is 5.98. The zero-order chi connectivity index (χ0) is 24.2. The summed E-state index contributed by atoms with van der Waals surface area (Å²) in [6, 6.07) is 25.9. The van der Waals surface area contributed by atoms with Crippen LogP contribution in [0.2, 0.25) is 0 Å². The van der Waals surface area contributed by atoms with E-state index in [1.54, 1.807) is 0 Å². The van der Waals surface area contributed by atoms with Gasteiger partial charge in [-0.1, -0.05) is 68.4 Å². The van der Waals surface area contributed by atoms with E-state index < -0.39 is 12.2 Å². The first kappa shape index (κ1) is 25.8. The van der Waals surface area contributed by atoms with Crippen LogP contribution >= 0.6 is 0 Å². The van der Waals surface area contributed by atoms with Gasteiger partial charge in [0.2, 0.25) is 0 Å². The molecule has 0 saturated heterocycles. The SMILES string of the molecule is CCc1ccc(OCC(O)CN(Cc2ccccc2)CC(O)COc2ccc(CC)cc2)cc1. The minimum absolute atomic E-state index is 0.188. The average molecular weight is 464 g/mol. The molecule has 0 bridgehead atoms. The van der Waals surface area contributed by atoms with Crippen molar-refractivity contribution in [2.45, 2.75) is 45.4 Å². The maximum Gasteiger partial charge on any atom is 0.119 e. The van der Waals surface area contributed by atoms with Crippen molar-refractivity contribution in [2.75, 3.05) is 26.3 Å². The van der Waals surface area contributed by atoms with Crippen molar-refractivity contribution in [1.82, 2.24) is 4.90 Å². The summed E-state index contributed by atoms with van der Waals surface area (Å²) in [4.78, 5) is 2.04. The lowest BCUT2D eigenvalue weighted by Gasteiger charge is -2.27. The highest BCUT2D eigenvalue weighted by Gasteiger charge is 2.17. The highest BCUT2D eigenvalue weighted by atomic mass is 16.5. The fourth-order valence-electron chi connectivity index (χ4n) is 3.77. The fourth-order valence-corrected chi connectivity index (χ4v) is 3.77. The largest absolute Gasteiger partial charge is 0.491 e. The van der Waals surface area contributed by atoms with Crippen LogP contribution in [0.15, 0.2) is 78.9 Å². The Balaban J connectivity index is 1.53. The molecule has 2 N–H and O–H groups in total.